The van der Waals surface area contributed by atoms with Gasteiger partial charge in [-0.15, -0.1) is 0 Å². The Morgan fingerprint density at radius 3 is 2.65 bits per heavy atom. The van der Waals surface area contributed by atoms with Crippen LogP contribution in [0.25, 0.3) is 0 Å². The number of aromatic nitrogens is 2. The molecule has 0 bridgehead atoms. The SMILES string of the molecule is Cc1cn2c(n1)CC[C@@H](NC1CCN(Cc3ccc(C#N)cc3)CC1)C2. The normalized spacial score (nSPS) is 21.3. The molecule has 26 heavy (non-hydrogen) atoms. The summed E-state index contributed by atoms with van der Waals surface area (Å²) in [6, 6.07) is 11.4. The zero-order valence-corrected chi connectivity index (χ0v) is 15.5. The predicted octanol–water partition coefficient (Wildman–Crippen LogP) is 2.63. The third kappa shape index (κ3) is 3.98. The number of aryl methyl sites for hydroxylation is 2. The van der Waals surface area contributed by atoms with Crippen LogP contribution in [0.5, 0.6) is 0 Å². The number of nitrogens with zero attached hydrogens (tertiary/aromatic N) is 4. The standard InChI is InChI=1S/C21H27N5/c1-16-13-26-15-20(6-7-21(26)23-16)24-19-8-10-25(11-9-19)14-18-4-2-17(12-22)3-5-18/h2-5,13,19-20,24H,6-11,14-15H2,1H3/t20-/m1/s1. The summed E-state index contributed by atoms with van der Waals surface area (Å²) in [6.45, 7) is 6.40. The molecule has 1 aromatic carbocycles. The number of benzene rings is 1. The second kappa shape index (κ2) is 7.61. The zero-order valence-electron chi connectivity index (χ0n) is 15.5. The summed E-state index contributed by atoms with van der Waals surface area (Å²) in [4.78, 5) is 7.13. The van der Waals surface area contributed by atoms with Gasteiger partial charge in [0.15, 0.2) is 0 Å². The number of likely N-dealkylation sites (tertiary alicyclic amines) is 1. The van der Waals surface area contributed by atoms with Gasteiger partial charge < -0.3 is 9.88 Å². The summed E-state index contributed by atoms with van der Waals surface area (Å²) in [5, 5.41) is 12.8. The van der Waals surface area contributed by atoms with E-state index in [1.807, 2.05) is 12.1 Å². The first kappa shape index (κ1) is 17.3. The Kier molecular flexibility index (Phi) is 5.05. The van der Waals surface area contributed by atoms with E-state index in [9.17, 15) is 0 Å². The molecule has 1 N–H and O–H groups in total. The van der Waals surface area contributed by atoms with Gasteiger partial charge in [-0.1, -0.05) is 12.1 Å². The van der Waals surface area contributed by atoms with Crippen LogP contribution in [0, 0.1) is 18.3 Å². The summed E-state index contributed by atoms with van der Waals surface area (Å²) in [5.74, 6) is 1.25. The molecule has 0 radical (unpaired) electrons. The first-order valence-electron chi connectivity index (χ1n) is 9.70. The number of hydrogen-bond donors (Lipinski definition) is 1. The molecule has 1 saturated heterocycles. The van der Waals surface area contributed by atoms with E-state index in [4.69, 9.17) is 5.26 Å². The van der Waals surface area contributed by atoms with Crippen LogP contribution in [0.2, 0.25) is 0 Å². The Bertz CT molecular complexity index is 778. The minimum Gasteiger partial charge on any atom is -0.333 e. The molecule has 136 valence electrons. The van der Waals surface area contributed by atoms with Crippen LogP contribution in [-0.2, 0) is 19.5 Å². The summed E-state index contributed by atoms with van der Waals surface area (Å²) in [6.07, 6.45) is 6.89. The molecule has 1 atom stereocenters. The van der Waals surface area contributed by atoms with Crippen molar-refractivity contribution in [1.82, 2.24) is 19.8 Å². The van der Waals surface area contributed by atoms with Gasteiger partial charge in [0.2, 0.25) is 0 Å². The molecule has 4 rings (SSSR count). The van der Waals surface area contributed by atoms with Gasteiger partial charge in [0.1, 0.15) is 5.82 Å². The van der Waals surface area contributed by atoms with E-state index in [2.05, 4.69) is 51.1 Å². The summed E-state index contributed by atoms with van der Waals surface area (Å²) in [7, 11) is 0. The first-order valence-corrected chi connectivity index (χ1v) is 9.70. The number of imidazole rings is 1. The third-order valence-electron chi connectivity index (χ3n) is 5.66. The number of hydrogen-bond acceptors (Lipinski definition) is 4. The number of fused-ring (bicyclic) bond motifs is 1. The second-order valence-electron chi connectivity index (χ2n) is 7.71. The van der Waals surface area contributed by atoms with Crippen LogP contribution in [0.15, 0.2) is 30.5 Å². The largest absolute Gasteiger partial charge is 0.333 e. The Morgan fingerprint density at radius 2 is 1.92 bits per heavy atom. The van der Waals surface area contributed by atoms with Gasteiger partial charge in [0, 0.05) is 37.8 Å². The second-order valence-corrected chi connectivity index (χ2v) is 7.71. The van der Waals surface area contributed by atoms with E-state index < -0.39 is 0 Å². The molecule has 3 heterocycles. The van der Waals surface area contributed by atoms with Crippen molar-refractivity contribution in [2.75, 3.05) is 13.1 Å². The average molecular weight is 349 g/mol. The summed E-state index contributed by atoms with van der Waals surface area (Å²) in [5.41, 5.74) is 3.17. The molecular formula is C21H27N5. The van der Waals surface area contributed by atoms with Gasteiger partial charge in [-0.05, 0) is 57.0 Å². The van der Waals surface area contributed by atoms with Crippen molar-refractivity contribution in [2.45, 2.75) is 57.8 Å². The van der Waals surface area contributed by atoms with Crippen molar-refractivity contribution in [1.29, 1.82) is 5.26 Å². The first-order chi connectivity index (χ1) is 12.7. The van der Waals surface area contributed by atoms with Crippen LogP contribution in [-0.4, -0.2) is 39.6 Å². The zero-order chi connectivity index (χ0) is 17.9. The fourth-order valence-corrected chi connectivity index (χ4v) is 4.26. The van der Waals surface area contributed by atoms with Gasteiger partial charge in [0.25, 0.3) is 0 Å². The number of rotatable bonds is 4. The number of nitrogens with one attached hydrogen (secondary N) is 1. The smallest absolute Gasteiger partial charge is 0.109 e. The lowest BCUT2D eigenvalue weighted by Crippen LogP contribution is -2.48. The third-order valence-corrected chi connectivity index (χ3v) is 5.66. The highest BCUT2D eigenvalue weighted by Crippen LogP contribution is 2.19. The molecule has 0 aliphatic carbocycles. The topological polar surface area (TPSA) is 56.9 Å². The highest BCUT2D eigenvalue weighted by molar-refractivity contribution is 5.31. The Labute approximate surface area is 155 Å². The monoisotopic (exact) mass is 349 g/mol. The van der Waals surface area contributed by atoms with Gasteiger partial charge in [-0.25, -0.2) is 4.98 Å². The van der Waals surface area contributed by atoms with E-state index >= 15 is 0 Å². The molecule has 1 aromatic heterocycles. The van der Waals surface area contributed by atoms with Crippen LogP contribution in [0.1, 0.15) is 41.9 Å². The van der Waals surface area contributed by atoms with Crippen LogP contribution < -0.4 is 5.32 Å². The molecule has 0 spiro atoms. The molecule has 2 aliphatic rings. The van der Waals surface area contributed by atoms with Crippen molar-refractivity contribution in [3.8, 4) is 6.07 Å². The highest BCUT2D eigenvalue weighted by Gasteiger charge is 2.25. The predicted molar refractivity (Wildman–Crippen MR) is 102 cm³/mol. The van der Waals surface area contributed by atoms with Crippen molar-refractivity contribution in [3.63, 3.8) is 0 Å². The van der Waals surface area contributed by atoms with Crippen molar-refractivity contribution in [3.05, 3.63) is 53.1 Å². The van der Waals surface area contributed by atoms with E-state index in [0.29, 0.717) is 12.1 Å². The quantitative estimate of drug-likeness (QED) is 0.922. The molecule has 0 amide bonds. The Hall–Kier alpha value is -2.16. The van der Waals surface area contributed by atoms with Gasteiger partial charge in [-0.3, -0.25) is 4.90 Å². The lowest BCUT2D eigenvalue weighted by molar-refractivity contribution is 0.178. The van der Waals surface area contributed by atoms with Crippen molar-refractivity contribution in [2.24, 2.45) is 0 Å². The molecule has 5 nitrogen and oxygen atoms in total. The van der Waals surface area contributed by atoms with Gasteiger partial charge in [-0.2, -0.15) is 5.26 Å². The molecule has 0 unspecified atom stereocenters. The summed E-state index contributed by atoms with van der Waals surface area (Å²) >= 11 is 0. The fourth-order valence-electron chi connectivity index (χ4n) is 4.26. The number of piperidine rings is 1. The summed E-state index contributed by atoms with van der Waals surface area (Å²) < 4.78 is 2.33. The highest BCUT2D eigenvalue weighted by atomic mass is 15.2. The molecule has 2 aliphatic heterocycles. The van der Waals surface area contributed by atoms with E-state index in [0.717, 1.165) is 43.9 Å². The molecule has 2 aromatic rings. The van der Waals surface area contributed by atoms with Gasteiger partial charge in [0.05, 0.1) is 17.3 Å². The van der Waals surface area contributed by atoms with Crippen LogP contribution >= 0.6 is 0 Å². The fraction of sp³-hybridized carbons (Fsp3) is 0.524. The van der Waals surface area contributed by atoms with E-state index in [1.54, 1.807) is 0 Å². The number of nitriles is 1. The lowest BCUT2D eigenvalue weighted by atomic mass is 10.0. The van der Waals surface area contributed by atoms with Crippen LogP contribution in [0.4, 0.5) is 0 Å². The molecular weight excluding hydrogens is 322 g/mol. The maximum Gasteiger partial charge on any atom is 0.109 e. The molecule has 0 saturated carbocycles. The Morgan fingerprint density at radius 1 is 1.15 bits per heavy atom. The van der Waals surface area contributed by atoms with Crippen LogP contribution in [0.3, 0.4) is 0 Å². The van der Waals surface area contributed by atoms with Crippen molar-refractivity contribution >= 4 is 0 Å². The van der Waals surface area contributed by atoms with Crippen molar-refractivity contribution < 1.29 is 0 Å². The molecule has 5 heteroatoms. The maximum absolute atomic E-state index is 8.90. The van der Waals surface area contributed by atoms with Gasteiger partial charge >= 0.3 is 0 Å². The Balaban J connectivity index is 1.24. The van der Waals surface area contributed by atoms with E-state index in [1.165, 1.54) is 30.7 Å². The maximum atomic E-state index is 8.90. The minimum absolute atomic E-state index is 0.575. The minimum atomic E-state index is 0.575. The average Bonchev–Trinajstić information content (AvgIpc) is 3.03. The van der Waals surface area contributed by atoms with E-state index in [-0.39, 0.29) is 0 Å². The molecule has 1 fully saturated rings. The lowest BCUT2D eigenvalue weighted by Gasteiger charge is -2.35.